The van der Waals surface area contributed by atoms with Crippen molar-refractivity contribution in [3.63, 3.8) is 0 Å². The summed E-state index contributed by atoms with van der Waals surface area (Å²) in [7, 11) is 0. The average molecular weight is 669 g/mol. The molecule has 0 fully saturated rings. The Balaban J connectivity index is 0.000000237. The van der Waals surface area contributed by atoms with E-state index in [1.54, 1.807) is 23.3 Å². The minimum atomic E-state index is -0.195. The van der Waals surface area contributed by atoms with E-state index in [9.17, 15) is 8.78 Å². The second kappa shape index (κ2) is 15.6. The first-order valence-corrected chi connectivity index (χ1v) is 18.8. The predicted octanol–water partition coefficient (Wildman–Crippen LogP) is 11.0. The van der Waals surface area contributed by atoms with Crippen molar-refractivity contribution in [1.29, 1.82) is 0 Å². The monoisotopic (exact) mass is 666 g/mol. The van der Waals surface area contributed by atoms with Gasteiger partial charge in [0.15, 0.2) is 0 Å². The normalized spacial score (nSPS) is 10.0. The van der Waals surface area contributed by atoms with Gasteiger partial charge in [0, 0.05) is 0 Å². The molecule has 0 unspecified atom stereocenters. The summed E-state index contributed by atoms with van der Waals surface area (Å²) in [4.78, 5) is 0. The van der Waals surface area contributed by atoms with Gasteiger partial charge in [-0.2, -0.15) is 12.1 Å². The Morgan fingerprint density at radius 2 is 0.900 bits per heavy atom. The van der Waals surface area contributed by atoms with Crippen LogP contribution in [0.1, 0.15) is 11.1 Å². The van der Waals surface area contributed by atoms with E-state index >= 15 is 0 Å². The SMILES string of the molecule is C[Si](C)=[Zr+2].Cc1cc2c(-c3ccc(F)cc3)cccc2[cH-]1.Cc1cc2c(-c3ccc(F)cc3)cccc2[cH-]1.Cl.Cl. The zero-order valence-corrected chi connectivity index (χ0v) is 28.1. The summed E-state index contributed by atoms with van der Waals surface area (Å²) in [5.41, 5.74) is 7.17. The fourth-order valence-corrected chi connectivity index (χ4v) is 4.53. The molecule has 6 heteroatoms. The van der Waals surface area contributed by atoms with Gasteiger partial charge in [-0.05, 0) is 35.4 Å². The Hall–Kier alpha value is -2.36. The smallest absolute Gasteiger partial charge is 0.123 e. The Kier molecular flexibility index (Phi) is 13.2. The molecule has 0 aromatic heterocycles. The molecule has 0 aliphatic carbocycles. The van der Waals surface area contributed by atoms with Crippen LogP contribution in [-0.2, 0) is 23.3 Å². The summed E-state index contributed by atoms with van der Waals surface area (Å²) >= 11 is 1.74. The van der Waals surface area contributed by atoms with Crippen molar-refractivity contribution in [2.45, 2.75) is 26.9 Å². The molecule has 0 nitrogen and oxygen atoms in total. The van der Waals surface area contributed by atoms with Gasteiger partial charge in [-0.3, -0.25) is 0 Å². The Morgan fingerprint density at radius 1 is 0.575 bits per heavy atom. The summed E-state index contributed by atoms with van der Waals surface area (Å²) in [6, 6.07) is 34.5. The molecular formula is C34H32Cl2F2SiZr. The molecule has 0 radical (unpaired) electrons. The number of hydrogen-bond acceptors (Lipinski definition) is 0. The van der Waals surface area contributed by atoms with E-state index in [-0.39, 0.29) is 41.9 Å². The zero-order chi connectivity index (χ0) is 27.2. The van der Waals surface area contributed by atoms with Crippen molar-refractivity contribution >= 4 is 51.8 Å². The predicted molar refractivity (Wildman–Crippen MR) is 171 cm³/mol. The first kappa shape index (κ1) is 33.8. The minimum Gasteiger partial charge on any atom is -0.207 e. The summed E-state index contributed by atoms with van der Waals surface area (Å²) in [6.07, 6.45) is 0. The number of hydrogen-bond donors (Lipinski definition) is 0. The molecular weight excluding hydrogens is 637 g/mol. The summed E-state index contributed by atoms with van der Waals surface area (Å²) < 4.78 is 25.8. The maximum atomic E-state index is 12.9. The van der Waals surface area contributed by atoms with Gasteiger partial charge in [-0.25, -0.2) is 8.78 Å². The van der Waals surface area contributed by atoms with E-state index in [0.29, 0.717) is 0 Å². The van der Waals surface area contributed by atoms with Crippen molar-refractivity contribution in [2.75, 3.05) is 0 Å². The number of aryl methyl sites for hydroxylation is 2. The first-order chi connectivity index (χ1) is 18.2. The molecule has 0 amide bonds. The van der Waals surface area contributed by atoms with Gasteiger partial charge in [-0.15, -0.1) is 93.9 Å². The van der Waals surface area contributed by atoms with Gasteiger partial charge in [-0.1, -0.05) is 61.4 Å². The third-order valence-corrected chi connectivity index (χ3v) is 6.10. The second-order valence-electron chi connectivity index (χ2n) is 9.70. The first-order valence-electron chi connectivity index (χ1n) is 12.6. The fourth-order valence-electron chi connectivity index (χ4n) is 4.53. The van der Waals surface area contributed by atoms with Crippen LogP contribution in [0.5, 0.6) is 0 Å². The Labute approximate surface area is 263 Å². The van der Waals surface area contributed by atoms with E-state index in [1.807, 2.05) is 36.4 Å². The molecule has 0 N–H and O–H groups in total. The van der Waals surface area contributed by atoms with Gasteiger partial charge in [0.05, 0.1) is 0 Å². The standard InChI is InChI=1S/2C16H12F.C2H6Si.2ClH.Zr/c2*1-11-9-13-3-2-4-15(16(13)10-11)12-5-7-14(17)8-6-12;1-3-2;;;/h2*2-10H,1H3;1-2H3;2*1H;/q2*-1;;;;+2. The molecule has 0 heterocycles. The molecule has 6 rings (SSSR count). The molecule has 0 saturated heterocycles. The van der Waals surface area contributed by atoms with Crippen molar-refractivity contribution < 1.29 is 32.1 Å². The number of benzene rings is 4. The number of rotatable bonds is 2. The average Bonchev–Trinajstić information content (AvgIpc) is 3.45. The molecule has 6 aromatic carbocycles. The Bertz CT molecular complexity index is 1560. The van der Waals surface area contributed by atoms with Gasteiger partial charge < -0.3 is 0 Å². The van der Waals surface area contributed by atoms with Crippen LogP contribution in [0.25, 0.3) is 43.8 Å². The van der Waals surface area contributed by atoms with Crippen LogP contribution in [0.2, 0.25) is 13.1 Å². The number of halogens is 4. The van der Waals surface area contributed by atoms with Crippen molar-refractivity contribution in [3.05, 3.63) is 132 Å². The molecule has 0 aliphatic heterocycles. The Morgan fingerprint density at radius 3 is 1.23 bits per heavy atom. The van der Waals surface area contributed by atoms with Crippen LogP contribution in [-0.4, -0.2) is 5.43 Å². The maximum absolute atomic E-state index is 12.9. The molecule has 40 heavy (non-hydrogen) atoms. The van der Waals surface area contributed by atoms with Crippen molar-refractivity contribution in [3.8, 4) is 22.3 Å². The fraction of sp³-hybridized carbons (Fsp3) is 0.118. The zero-order valence-electron chi connectivity index (χ0n) is 23.0. The van der Waals surface area contributed by atoms with Crippen molar-refractivity contribution in [2.24, 2.45) is 0 Å². The molecule has 0 spiro atoms. The van der Waals surface area contributed by atoms with Crippen molar-refractivity contribution in [1.82, 2.24) is 0 Å². The second-order valence-corrected chi connectivity index (χ2v) is 19.1. The van der Waals surface area contributed by atoms with Gasteiger partial charge in [0.1, 0.15) is 11.6 Å². The summed E-state index contributed by atoms with van der Waals surface area (Å²) in [6.45, 7) is 8.80. The molecule has 0 bridgehead atoms. The van der Waals surface area contributed by atoms with E-state index < -0.39 is 0 Å². The van der Waals surface area contributed by atoms with Crippen LogP contribution in [0.3, 0.4) is 0 Å². The molecule has 0 saturated carbocycles. The van der Waals surface area contributed by atoms with E-state index in [4.69, 9.17) is 0 Å². The molecule has 0 aliphatic rings. The summed E-state index contributed by atoms with van der Waals surface area (Å²) in [5, 5.41) is 4.95. The van der Waals surface area contributed by atoms with Gasteiger partial charge in [0.2, 0.25) is 0 Å². The van der Waals surface area contributed by atoms with Crippen LogP contribution in [0.15, 0.2) is 109 Å². The van der Waals surface area contributed by atoms with Gasteiger partial charge >= 0.3 is 41.9 Å². The summed E-state index contributed by atoms with van der Waals surface area (Å²) in [5.74, 6) is -0.390. The van der Waals surface area contributed by atoms with E-state index in [2.05, 4.69) is 75.5 Å². The number of fused-ring (bicyclic) bond motifs is 2. The van der Waals surface area contributed by atoms with E-state index in [1.165, 1.54) is 56.9 Å². The van der Waals surface area contributed by atoms with Crippen LogP contribution >= 0.6 is 24.8 Å². The molecule has 6 aromatic rings. The maximum Gasteiger partial charge on any atom is 0.123 e. The molecule has 204 valence electrons. The topological polar surface area (TPSA) is 0 Å². The van der Waals surface area contributed by atoms with Gasteiger partial charge in [0.25, 0.3) is 0 Å². The van der Waals surface area contributed by atoms with E-state index in [0.717, 1.165) is 22.3 Å². The minimum absolute atomic E-state index is 0. The third-order valence-electron chi connectivity index (χ3n) is 6.10. The largest absolute Gasteiger partial charge is 0.207 e. The van der Waals surface area contributed by atoms with Crippen LogP contribution in [0.4, 0.5) is 8.78 Å². The van der Waals surface area contributed by atoms with Crippen LogP contribution in [0, 0.1) is 25.5 Å². The third kappa shape index (κ3) is 8.82. The van der Waals surface area contributed by atoms with Crippen LogP contribution < -0.4 is 0 Å². The molecule has 0 atom stereocenters. The quantitative estimate of drug-likeness (QED) is 0.127.